The van der Waals surface area contributed by atoms with E-state index in [9.17, 15) is 19.2 Å². The van der Waals surface area contributed by atoms with E-state index in [1.165, 1.54) is 0 Å². The van der Waals surface area contributed by atoms with Crippen LogP contribution in [0, 0.1) is 0 Å². The molecule has 0 radical (unpaired) electrons. The predicted octanol–water partition coefficient (Wildman–Crippen LogP) is 0.451. The van der Waals surface area contributed by atoms with Crippen molar-refractivity contribution in [3.8, 4) is 0 Å². The van der Waals surface area contributed by atoms with Gasteiger partial charge in [0.25, 0.3) is 5.56 Å². The fraction of sp³-hybridized carbons (Fsp3) is 0.375. The molecule has 0 atom stereocenters. The van der Waals surface area contributed by atoms with Crippen LogP contribution in [0.4, 0.5) is 0 Å². The molecule has 0 fully saturated rings. The normalized spacial score (nSPS) is 10.7. The summed E-state index contributed by atoms with van der Waals surface area (Å²) in [5.41, 5.74) is -0.705. The molecule has 0 spiro atoms. The minimum Gasteiger partial charge on any atom is -0.481 e. The number of fused-ring (bicyclic) bond motifs is 1. The summed E-state index contributed by atoms with van der Waals surface area (Å²) in [6.07, 6.45) is 1.98. The van der Waals surface area contributed by atoms with Crippen LogP contribution in [0.3, 0.4) is 0 Å². The van der Waals surface area contributed by atoms with Gasteiger partial charge >= 0.3 is 11.7 Å². The summed E-state index contributed by atoms with van der Waals surface area (Å²) in [7, 11) is 0. The van der Waals surface area contributed by atoms with Crippen LogP contribution in [0.2, 0.25) is 0 Å². The number of carbonyl (C=O) groups excluding carboxylic acids is 1. The Morgan fingerprint density at radius 1 is 1.12 bits per heavy atom. The lowest BCUT2D eigenvalue weighted by atomic mass is 10.2. The topological polar surface area (TPSA) is 121 Å². The van der Waals surface area contributed by atoms with Gasteiger partial charge in [0.1, 0.15) is 6.54 Å². The molecular weight excluding hydrogens is 314 g/mol. The van der Waals surface area contributed by atoms with Crippen LogP contribution in [-0.2, 0) is 16.1 Å². The fourth-order valence-corrected chi connectivity index (χ4v) is 2.35. The lowest BCUT2D eigenvalue weighted by molar-refractivity contribution is -0.137. The molecule has 2 aromatic rings. The third kappa shape index (κ3) is 4.55. The Balaban J connectivity index is 1.93. The third-order valence-corrected chi connectivity index (χ3v) is 3.58. The minimum atomic E-state index is -0.839. The average Bonchev–Trinajstić information content (AvgIpc) is 2.54. The van der Waals surface area contributed by atoms with Crippen molar-refractivity contribution in [2.45, 2.75) is 32.2 Å². The van der Waals surface area contributed by atoms with E-state index in [-0.39, 0.29) is 13.0 Å². The molecule has 128 valence electrons. The summed E-state index contributed by atoms with van der Waals surface area (Å²) in [5, 5.41) is 11.5. The second kappa shape index (κ2) is 8.09. The molecule has 0 aliphatic rings. The number of hydrogen-bond donors (Lipinski definition) is 3. The molecule has 0 aliphatic heterocycles. The van der Waals surface area contributed by atoms with Crippen LogP contribution >= 0.6 is 0 Å². The van der Waals surface area contributed by atoms with Crippen LogP contribution in [0.25, 0.3) is 10.9 Å². The van der Waals surface area contributed by atoms with Gasteiger partial charge in [-0.05, 0) is 25.0 Å². The number of H-pyrrole nitrogens is 1. The molecule has 8 nitrogen and oxygen atoms in total. The summed E-state index contributed by atoms with van der Waals surface area (Å²) >= 11 is 0. The number of nitrogens with one attached hydrogen (secondary N) is 2. The van der Waals surface area contributed by atoms with Crippen LogP contribution in [-0.4, -0.2) is 33.1 Å². The smallest absolute Gasteiger partial charge is 0.329 e. The van der Waals surface area contributed by atoms with Crippen molar-refractivity contribution >= 4 is 22.8 Å². The molecule has 1 heterocycles. The van der Waals surface area contributed by atoms with E-state index in [0.717, 1.165) is 4.57 Å². The summed E-state index contributed by atoms with van der Waals surface area (Å²) in [6.45, 7) is 0.0207. The maximum absolute atomic E-state index is 12.3. The molecule has 3 N–H and O–H groups in total. The van der Waals surface area contributed by atoms with E-state index in [4.69, 9.17) is 5.11 Å². The zero-order valence-corrected chi connectivity index (χ0v) is 13.1. The first kappa shape index (κ1) is 17.5. The maximum atomic E-state index is 12.3. The molecule has 8 heteroatoms. The zero-order valence-electron chi connectivity index (χ0n) is 13.1. The Morgan fingerprint density at radius 3 is 2.62 bits per heavy atom. The first-order valence-corrected chi connectivity index (χ1v) is 7.69. The predicted molar refractivity (Wildman–Crippen MR) is 87.9 cm³/mol. The first-order chi connectivity index (χ1) is 11.5. The van der Waals surface area contributed by atoms with Gasteiger partial charge in [-0.2, -0.15) is 0 Å². The standard InChI is InChI=1S/C16H19N3O5/c20-13(17-9-5-1-2-8-14(21)22)10-19-15(23)11-6-3-4-7-12(11)18-16(19)24/h3-4,6-7H,1-2,5,8-10H2,(H,17,20)(H,18,24)(H,21,22). The van der Waals surface area contributed by atoms with Crippen molar-refractivity contribution in [2.24, 2.45) is 0 Å². The second-order valence-electron chi connectivity index (χ2n) is 5.42. The molecule has 0 saturated carbocycles. The van der Waals surface area contributed by atoms with Crippen LogP contribution < -0.4 is 16.6 Å². The molecule has 2 rings (SSSR count). The molecular formula is C16H19N3O5. The number of nitrogens with zero attached hydrogens (tertiary/aromatic N) is 1. The molecule has 1 amide bonds. The van der Waals surface area contributed by atoms with Crippen LogP contribution in [0.1, 0.15) is 25.7 Å². The van der Waals surface area contributed by atoms with Crippen molar-refractivity contribution in [3.63, 3.8) is 0 Å². The SMILES string of the molecule is O=C(O)CCCCCNC(=O)Cn1c(=O)[nH]c2ccccc2c1=O. The quantitative estimate of drug-likeness (QED) is 0.606. The highest BCUT2D eigenvalue weighted by molar-refractivity contribution is 5.78. The molecule has 0 bridgehead atoms. The van der Waals surface area contributed by atoms with Crippen LogP contribution in [0.15, 0.2) is 33.9 Å². The molecule has 24 heavy (non-hydrogen) atoms. The average molecular weight is 333 g/mol. The van der Waals surface area contributed by atoms with Gasteiger partial charge in [0.05, 0.1) is 10.9 Å². The van der Waals surface area contributed by atoms with Gasteiger partial charge in [-0.3, -0.25) is 19.0 Å². The molecule has 1 aromatic carbocycles. The number of carboxylic acid groups (broad SMARTS) is 1. The van der Waals surface area contributed by atoms with E-state index < -0.39 is 23.1 Å². The Kier molecular flexibility index (Phi) is 5.89. The van der Waals surface area contributed by atoms with Gasteiger partial charge in [0, 0.05) is 13.0 Å². The van der Waals surface area contributed by atoms with Crippen molar-refractivity contribution in [1.29, 1.82) is 0 Å². The van der Waals surface area contributed by atoms with Crippen molar-refractivity contribution in [2.75, 3.05) is 6.54 Å². The van der Waals surface area contributed by atoms with Crippen molar-refractivity contribution in [1.82, 2.24) is 14.9 Å². The Labute approximate surface area is 137 Å². The van der Waals surface area contributed by atoms with Gasteiger partial charge in [-0.25, -0.2) is 4.79 Å². The number of aromatic amines is 1. The number of carboxylic acids is 1. The van der Waals surface area contributed by atoms with E-state index in [1.807, 2.05) is 0 Å². The monoisotopic (exact) mass is 333 g/mol. The van der Waals surface area contributed by atoms with Gasteiger partial charge in [-0.15, -0.1) is 0 Å². The maximum Gasteiger partial charge on any atom is 0.329 e. The third-order valence-electron chi connectivity index (χ3n) is 3.58. The Morgan fingerprint density at radius 2 is 1.88 bits per heavy atom. The van der Waals surface area contributed by atoms with Crippen molar-refractivity contribution in [3.05, 3.63) is 45.1 Å². The highest BCUT2D eigenvalue weighted by Gasteiger charge is 2.10. The number of amides is 1. The van der Waals surface area contributed by atoms with Gasteiger partial charge in [0.15, 0.2) is 0 Å². The lowest BCUT2D eigenvalue weighted by Crippen LogP contribution is -2.40. The number of carbonyl (C=O) groups is 2. The summed E-state index contributed by atoms with van der Waals surface area (Å²) in [4.78, 5) is 49.0. The Bertz CT molecular complexity index is 853. The highest BCUT2D eigenvalue weighted by Crippen LogP contribution is 2.02. The largest absolute Gasteiger partial charge is 0.481 e. The molecule has 1 aromatic heterocycles. The number of hydrogen-bond acceptors (Lipinski definition) is 4. The van der Waals surface area contributed by atoms with E-state index >= 15 is 0 Å². The number of rotatable bonds is 8. The highest BCUT2D eigenvalue weighted by atomic mass is 16.4. The van der Waals surface area contributed by atoms with Gasteiger partial charge in [0.2, 0.25) is 5.91 Å². The van der Waals surface area contributed by atoms with E-state index in [2.05, 4.69) is 10.3 Å². The number of unbranched alkanes of at least 4 members (excludes halogenated alkanes) is 2. The summed E-state index contributed by atoms with van der Waals surface area (Å²) in [6, 6.07) is 6.60. The van der Waals surface area contributed by atoms with Crippen LogP contribution in [0.5, 0.6) is 0 Å². The molecule has 0 aliphatic carbocycles. The first-order valence-electron chi connectivity index (χ1n) is 7.69. The number of para-hydroxylation sites is 1. The minimum absolute atomic E-state index is 0.107. The second-order valence-corrected chi connectivity index (χ2v) is 5.42. The Hall–Kier alpha value is -2.90. The fourth-order valence-electron chi connectivity index (χ4n) is 2.35. The lowest BCUT2D eigenvalue weighted by Gasteiger charge is -2.07. The van der Waals surface area contributed by atoms with Gasteiger partial charge in [-0.1, -0.05) is 18.6 Å². The molecule has 0 unspecified atom stereocenters. The van der Waals surface area contributed by atoms with Gasteiger partial charge < -0.3 is 15.4 Å². The number of aromatic nitrogens is 2. The summed E-state index contributed by atoms with van der Waals surface area (Å²) < 4.78 is 0.863. The number of benzene rings is 1. The molecule has 0 saturated heterocycles. The van der Waals surface area contributed by atoms with Crippen molar-refractivity contribution < 1.29 is 14.7 Å². The zero-order chi connectivity index (χ0) is 17.5. The van der Waals surface area contributed by atoms with E-state index in [1.54, 1.807) is 24.3 Å². The van der Waals surface area contributed by atoms with E-state index in [0.29, 0.717) is 36.7 Å². The summed E-state index contributed by atoms with van der Waals surface area (Å²) in [5.74, 6) is -1.27. The number of aliphatic carboxylic acids is 1.